The van der Waals surface area contributed by atoms with Crippen molar-refractivity contribution in [3.05, 3.63) is 87.5 Å². The van der Waals surface area contributed by atoms with Crippen LogP contribution in [0, 0.1) is 6.92 Å². The van der Waals surface area contributed by atoms with Gasteiger partial charge in [0.05, 0.1) is 18.8 Å². The van der Waals surface area contributed by atoms with E-state index in [9.17, 15) is 9.59 Å². The number of thiophene rings is 1. The van der Waals surface area contributed by atoms with Crippen molar-refractivity contribution in [2.24, 2.45) is 0 Å². The summed E-state index contributed by atoms with van der Waals surface area (Å²) in [6, 6.07) is 16.9. The summed E-state index contributed by atoms with van der Waals surface area (Å²) < 4.78 is 6.92. The van der Waals surface area contributed by atoms with Crippen LogP contribution < -0.4 is 5.32 Å². The molecule has 1 N–H and O–H groups in total. The average Bonchev–Trinajstić information content (AvgIpc) is 3.39. The number of benzene rings is 2. The monoisotopic (exact) mass is 480 g/mol. The van der Waals surface area contributed by atoms with Gasteiger partial charge in [-0.3, -0.25) is 4.79 Å². The van der Waals surface area contributed by atoms with Gasteiger partial charge in [-0.05, 0) is 37.1 Å². The number of aromatic nitrogens is 3. The molecule has 0 aliphatic heterocycles. The Bertz CT molecular complexity index is 1280. The molecule has 0 bridgehead atoms. The van der Waals surface area contributed by atoms with Gasteiger partial charge >= 0.3 is 5.97 Å². The van der Waals surface area contributed by atoms with Crippen molar-refractivity contribution >= 4 is 39.8 Å². The molecule has 0 aliphatic carbocycles. The normalized spacial score (nSPS) is 10.8. The Hall–Kier alpha value is -3.49. The van der Waals surface area contributed by atoms with Gasteiger partial charge in [0, 0.05) is 16.0 Å². The van der Waals surface area contributed by atoms with Crippen LogP contribution in [0.15, 0.2) is 60.0 Å². The fraction of sp³-hybridized carbons (Fsp3) is 0.167. The second-order valence-electron chi connectivity index (χ2n) is 7.20. The number of rotatable bonds is 7. The Balaban J connectivity index is 1.62. The van der Waals surface area contributed by atoms with E-state index in [1.54, 1.807) is 30.7 Å². The Morgan fingerprint density at radius 1 is 1.12 bits per heavy atom. The highest BCUT2D eigenvalue weighted by Crippen LogP contribution is 2.37. The minimum absolute atomic E-state index is 0.196. The van der Waals surface area contributed by atoms with Gasteiger partial charge in [0.2, 0.25) is 0 Å². The van der Waals surface area contributed by atoms with Gasteiger partial charge in [0.15, 0.2) is 5.69 Å². The number of ether oxygens (including phenoxy) is 1. The summed E-state index contributed by atoms with van der Waals surface area (Å²) >= 11 is 7.25. The first-order chi connectivity index (χ1) is 16.0. The predicted octanol–water partition coefficient (Wildman–Crippen LogP) is 5.45. The third-order valence-electron chi connectivity index (χ3n) is 5.03. The summed E-state index contributed by atoms with van der Waals surface area (Å²) in [6.07, 6.45) is 0. The van der Waals surface area contributed by atoms with E-state index in [0.29, 0.717) is 33.4 Å². The summed E-state index contributed by atoms with van der Waals surface area (Å²) in [5.41, 5.74) is 3.63. The standard InChI is InChI=1S/C24H21ClN4O3S/c1-3-32-24(31)20-19(17-9-11-18(25)12-10-17)14-33-23(20)26-22(30)21-15(2)29(28-27-21)13-16-7-5-4-6-8-16/h4-12,14H,3,13H2,1-2H3,(H,26,30). The molecule has 168 valence electrons. The van der Waals surface area contributed by atoms with Gasteiger partial charge in [-0.1, -0.05) is 59.3 Å². The van der Waals surface area contributed by atoms with Crippen molar-refractivity contribution in [3.63, 3.8) is 0 Å². The number of hydrogen-bond acceptors (Lipinski definition) is 6. The highest BCUT2D eigenvalue weighted by Gasteiger charge is 2.25. The number of nitrogens with zero attached hydrogens (tertiary/aromatic N) is 3. The van der Waals surface area contributed by atoms with Crippen LogP contribution in [0.2, 0.25) is 5.02 Å². The number of nitrogens with one attached hydrogen (secondary N) is 1. The zero-order chi connectivity index (χ0) is 23.4. The van der Waals surface area contributed by atoms with Crippen LogP contribution in [0.1, 0.15) is 39.0 Å². The fourth-order valence-electron chi connectivity index (χ4n) is 3.34. The van der Waals surface area contributed by atoms with Crippen molar-refractivity contribution in [3.8, 4) is 11.1 Å². The van der Waals surface area contributed by atoms with Crippen LogP contribution in [-0.2, 0) is 11.3 Å². The molecule has 0 fully saturated rings. The number of carbonyl (C=O) groups excluding carboxylic acids is 2. The second kappa shape index (κ2) is 9.97. The minimum Gasteiger partial charge on any atom is -0.462 e. The molecule has 0 saturated heterocycles. The number of anilines is 1. The third-order valence-corrected chi connectivity index (χ3v) is 6.17. The molecule has 1 amide bonds. The lowest BCUT2D eigenvalue weighted by Gasteiger charge is -2.09. The van der Waals surface area contributed by atoms with Gasteiger partial charge in [0.1, 0.15) is 10.6 Å². The lowest BCUT2D eigenvalue weighted by molar-refractivity contribution is 0.0529. The molecule has 7 nitrogen and oxygen atoms in total. The maximum absolute atomic E-state index is 13.0. The zero-order valence-corrected chi connectivity index (χ0v) is 19.6. The molecule has 4 rings (SSSR count). The van der Waals surface area contributed by atoms with E-state index in [0.717, 1.165) is 11.1 Å². The molecule has 2 aromatic carbocycles. The first kappa shape index (κ1) is 22.7. The first-order valence-corrected chi connectivity index (χ1v) is 11.5. The molecule has 0 unspecified atom stereocenters. The van der Waals surface area contributed by atoms with Gasteiger partial charge in [-0.15, -0.1) is 16.4 Å². The predicted molar refractivity (Wildman–Crippen MR) is 129 cm³/mol. The number of hydrogen-bond donors (Lipinski definition) is 1. The van der Waals surface area contributed by atoms with Crippen LogP contribution in [0.5, 0.6) is 0 Å². The quantitative estimate of drug-likeness (QED) is 0.356. The van der Waals surface area contributed by atoms with Crippen LogP contribution >= 0.6 is 22.9 Å². The molecule has 33 heavy (non-hydrogen) atoms. The van der Waals surface area contributed by atoms with Crippen molar-refractivity contribution in [1.29, 1.82) is 0 Å². The van der Waals surface area contributed by atoms with E-state index in [2.05, 4.69) is 15.6 Å². The molecule has 0 saturated carbocycles. The second-order valence-corrected chi connectivity index (χ2v) is 8.52. The van der Waals surface area contributed by atoms with E-state index in [1.165, 1.54) is 11.3 Å². The van der Waals surface area contributed by atoms with E-state index in [-0.39, 0.29) is 12.3 Å². The maximum atomic E-state index is 13.0. The lowest BCUT2D eigenvalue weighted by Crippen LogP contribution is -2.16. The van der Waals surface area contributed by atoms with Crippen LogP contribution in [-0.4, -0.2) is 33.5 Å². The molecule has 0 spiro atoms. The molecule has 0 aliphatic rings. The molecule has 2 aromatic heterocycles. The van der Waals surface area contributed by atoms with Crippen molar-refractivity contribution in [2.45, 2.75) is 20.4 Å². The number of esters is 1. The largest absolute Gasteiger partial charge is 0.462 e. The summed E-state index contributed by atoms with van der Waals surface area (Å²) in [6.45, 7) is 4.24. The lowest BCUT2D eigenvalue weighted by atomic mass is 10.0. The number of carbonyl (C=O) groups is 2. The van der Waals surface area contributed by atoms with Gasteiger partial charge in [-0.2, -0.15) is 0 Å². The fourth-order valence-corrected chi connectivity index (χ4v) is 4.42. The average molecular weight is 481 g/mol. The SMILES string of the molecule is CCOC(=O)c1c(-c2ccc(Cl)cc2)csc1NC(=O)c1nnn(Cc2ccccc2)c1C. The highest BCUT2D eigenvalue weighted by atomic mass is 35.5. The van der Waals surface area contributed by atoms with E-state index >= 15 is 0 Å². The Morgan fingerprint density at radius 2 is 1.85 bits per heavy atom. The van der Waals surface area contributed by atoms with Crippen LogP contribution in [0.4, 0.5) is 5.00 Å². The number of halogens is 1. The maximum Gasteiger partial charge on any atom is 0.341 e. The van der Waals surface area contributed by atoms with Crippen molar-refractivity contribution < 1.29 is 14.3 Å². The summed E-state index contributed by atoms with van der Waals surface area (Å²) in [7, 11) is 0. The molecule has 9 heteroatoms. The Morgan fingerprint density at radius 3 is 2.55 bits per heavy atom. The molecular formula is C24H21ClN4O3S. The Kier molecular flexibility index (Phi) is 6.86. The van der Waals surface area contributed by atoms with Crippen molar-refractivity contribution in [1.82, 2.24) is 15.0 Å². The molecule has 0 atom stereocenters. The van der Waals surface area contributed by atoms with Gasteiger partial charge in [-0.25, -0.2) is 9.48 Å². The summed E-state index contributed by atoms with van der Waals surface area (Å²) in [5, 5.41) is 13.8. The molecule has 4 aromatic rings. The van der Waals surface area contributed by atoms with Crippen molar-refractivity contribution in [2.75, 3.05) is 11.9 Å². The van der Waals surface area contributed by atoms with Crippen LogP contribution in [0.3, 0.4) is 0 Å². The number of amides is 1. The van der Waals surface area contributed by atoms with E-state index in [1.807, 2.05) is 47.8 Å². The van der Waals surface area contributed by atoms with Crippen LogP contribution in [0.25, 0.3) is 11.1 Å². The topological polar surface area (TPSA) is 86.1 Å². The van der Waals surface area contributed by atoms with Gasteiger partial charge < -0.3 is 10.1 Å². The summed E-state index contributed by atoms with van der Waals surface area (Å²) in [5.74, 6) is -0.953. The molecule has 2 heterocycles. The molecule has 0 radical (unpaired) electrons. The van der Waals surface area contributed by atoms with Gasteiger partial charge in [0.25, 0.3) is 5.91 Å². The first-order valence-electron chi connectivity index (χ1n) is 10.3. The van der Waals surface area contributed by atoms with E-state index in [4.69, 9.17) is 16.3 Å². The highest BCUT2D eigenvalue weighted by molar-refractivity contribution is 7.15. The smallest absolute Gasteiger partial charge is 0.341 e. The Labute approximate surface area is 200 Å². The summed E-state index contributed by atoms with van der Waals surface area (Å²) in [4.78, 5) is 25.8. The van der Waals surface area contributed by atoms with E-state index < -0.39 is 11.9 Å². The third kappa shape index (κ3) is 4.97. The minimum atomic E-state index is -0.511. The zero-order valence-electron chi connectivity index (χ0n) is 18.0. The molecular weight excluding hydrogens is 460 g/mol.